The summed E-state index contributed by atoms with van der Waals surface area (Å²) in [7, 11) is 0. The first-order valence-electron chi connectivity index (χ1n) is 14.7. The second-order valence-corrected chi connectivity index (χ2v) is 14.8. The van der Waals surface area contributed by atoms with Crippen LogP contribution in [0.1, 0.15) is 62.6 Å². The van der Waals surface area contributed by atoms with Gasteiger partial charge in [0.25, 0.3) is 0 Å². The lowest BCUT2D eigenvalue weighted by Crippen LogP contribution is -2.34. The topological polar surface area (TPSA) is 36.1 Å². The van der Waals surface area contributed by atoms with Crippen molar-refractivity contribution < 1.29 is 13.2 Å². The summed E-state index contributed by atoms with van der Waals surface area (Å²) in [4.78, 5) is 0. The lowest BCUT2D eigenvalue weighted by Gasteiger charge is -2.26. The Bertz CT molecular complexity index is 1270. The van der Waals surface area contributed by atoms with Crippen molar-refractivity contribution in [1.29, 1.82) is 0 Å². The molecule has 3 N–H and O–H groups in total. The Morgan fingerprint density at radius 2 is 1.05 bits per heavy atom. The van der Waals surface area contributed by atoms with Crippen LogP contribution in [-0.4, -0.2) is 29.6 Å². The Morgan fingerprint density at radius 3 is 1.40 bits per heavy atom. The first kappa shape index (κ1) is 36.6. The maximum absolute atomic E-state index is 13.0. The number of hydrogen-bond acceptors (Lipinski definition) is 4. The fourth-order valence-electron chi connectivity index (χ4n) is 4.31. The third-order valence-corrected chi connectivity index (χ3v) is 10.1. The van der Waals surface area contributed by atoms with E-state index in [9.17, 15) is 13.2 Å². The highest BCUT2D eigenvalue weighted by Crippen LogP contribution is 2.21. The summed E-state index contributed by atoms with van der Waals surface area (Å²) < 4.78 is 40.4. The van der Waals surface area contributed by atoms with Crippen molar-refractivity contribution in [3.05, 3.63) is 102 Å². The van der Waals surface area contributed by atoms with E-state index >= 15 is 0 Å². The summed E-state index contributed by atoms with van der Waals surface area (Å²) in [6, 6.07) is 17.2. The molecule has 0 aromatic heterocycles. The molecule has 1 heterocycles. The van der Waals surface area contributed by atoms with Crippen LogP contribution >= 0.6 is 59.6 Å². The van der Waals surface area contributed by atoms with Gasteiger partial charge in [-0.25, -0.2) is 13.2 Å². The molecule has 43 heavy (non-hydrogen) atoms. The van der Waals surface area contributed by atoms with Gasteiger partial charge >= 0.3 is 0 Å². The number of benzene rings is 3. The van der Waals surface area contributed by atoms with Gasteiger partial charge in [0, 0.05) is 37.8 Å². The minimum absolute atomic E-state index is 0.196. The number of halogens is 6. The molecule has 3 aromatic carbocycles. The normalized spacial score (nSPS) is 15.3. The van der Waals surface area contributed by atoms with Crippen LogP contribution in [0.5, 0.6) is 0 Å². The minimum atomic E-state index is -0.215. The van der Waals surface area contributed by atoms with Gasteiger partial charge in [0.1, 0.15) is 17.5 Å². The molecule has 10 heteroatoms. The Hall–Kier alpha value is -0.880. The average molecular weight is 808 g/mol. The van der Waals surface area contributed by atoms with Crippen molar-refractivity contribution in [1.82, 2.24) is 16.0 Å². The summed E-state index contributed by atoms with van der Waals surface area (Å²) in [6.07, 6.45) is 6.38. The first-order chi connectivity index (χ1) is 20.6. The largest absolute Gasteiger partial charge is 0.310 e. The number of hydrogen-bond donors (Lipinski definition) is 3. The van der Waals surface area contributed by atoms with Crippen LogP contribution in [-0.2, 0) is 19.6 Å². The lowest BCUT2D eigenvalue weighted by atomic mass is 9.93. The van der Waals surface area contributed by atoms with Crippen LogP contribution in [0, 0.1) is 17.5 Å². The van der Waals surface area contributed by atoms with Crippen molar-refractivity contribution in [2.45, 2.75) is 83.7 Å². The molecule has 3 aromatic rings. The molecular formula is C33H41Br3F3N3S. The lowest BCUT2D eigenvalue weighted by molar-refractivity contribution is 0.338. The summed E-state index contributed by atoms with van der Waals surface area (Å²) in [5.74, 6) is 1.90. The third-order valence-electron chi connectivity index (χ3n) is 7.18. The Labute approximate surface area is 284 Å². The Morgan fingerprint density at radius 1 is 0.651 bits per heavy atom. The Balaban J connectivity index is 0.000000178. The highest BCUT2D eigenvalue weighted by molar-refractivity contribution is 9.11. The van der Waals surface area contributed by atoms with Gasteiger partial charge < -0.3 is 16.0 Å². The molecule has 1 saturated carbocycles. The van der Waals surface area contributed by atoms with E-state index in [1.165, 1.54) is 61.8 Å². The van der Waals surface area contributed by atoms with E-state index in [4.69, 9.17) is 0 Å². The molecule has 1 aliphatic heterocycles. The van der Waals surface area contributed by atoms with E-state index in [0.717, 1.165) is 36.3 Å². The van der Waals surface area contributed by atoms with Crippen molar-refractivity contribution in [3.63, 3.8) is 0 Å². The molecule has 0 spiro atoms. The molecule has 0 unspecified atom stereocenters. The van der Waals surface area contributed by atoms with Gasteiger partial charge in [-0.05, 0) is 138 Å². The van der Waals surface area contributed by atoms with E-state index in [2.05, 4.69) is 77.6 Å². The van der Waals surface area contributed by atoms with Crippen molar-refractivity contribution in [2.75, 3.05) is 11.5 Å². The highest BCUT2D eigenvalue weighted by Gasteiger charge is 2.16. The van der Waals surface area contributed by atoms with Gasteiger partial charge in [0.15, 0.2) is 0 Å². The predicted octanol–water partition coefficient (Wildman–Crippen LogP) is 9.89. The maximum Gasteiger partial charge on any atom is 0.137 e. The molecule has 236 valence electrons. The smallest absolute Gasteiger partial charge is 0.137 e. The molecule has 0 atom stereocenters. The van der Waals surface area contributed by atoms with E-state index < -0.39 is 0 Å². The molecular weight excluding hydrogens is 767 g/mol. The summed E-state index contributed by atoms with van der Waals surface area (Å²) >= 11 is 11.6. The van der Waals surface area contributed by atoms with E-state index in [1.54, 1.807) is 12.1 Å². The van der Waals surface area contributed by atoms with E-state index in [1.807, 2.05) is 36.0 Å². The van der Waals surface area contributed by atoms with Crippen molar-refractivity contribution >= 4 is 59.6 Å². The van der Waals surface area contributed by atoms with Crippen LogP contribution in [0.4, 0.5) is 13.2 Å². The maximum atomic E-state index is 13.0. The van der Waals surface area contributed by atoms with Crippen LogP contribution in [0.2, 0.25) is 0 Å². The van der Waals surface area contributed by atoms with Gasteiger partial charge in [-0.2, -0.15) is 11.8 Å². The first-order valence-corrected chi connectivity index (χ1v) is 18.2. The van der Waals surface area contributed by atoms with Crippen LogP contribution in [0.3, 0.4) is 0 Å². The average Bonchev–Trinajstić information content (AvgIpc) is 2.96. The standard InChI is InChI=1S/C12H15BrFNS.C11H13BrFN.C10H13BrFN/c13-11-7-9(1-2-12(11)14)8-15-10-3-5-16-6-4-10;12-10-6-8(4-5-11(10)13)7-14-9-2-1-3-9;1-7(2)13-6-8-3-4-10(12)9(11)5-8/h1-2,7,10,15H,3-6,8H2;4-6,9,14H,1-3,7H2;3-5,7,13H,6H2,1-2H3. The van der Waals surface area contributed by atoms with Gasteiger partial charge in [0.2, 0.25) is 0 Å². The van der Waals surface area contributed by atoms with Gasteiger partial charge in [0.05, 0.1) is 13.4 Å². The van der Waals surface area contributed by atoms with Crippen molar-refractivity contribution in [3.8, 4) is 0 Å². The monoisotopic (exact) mass is 805 g/mol. The molecule has 3 nitrogen and oxygen atoms in total. The summed E-state index contributed by atoms with van der Waals surface area (Å²) in [5, 5.41) is 10.2. The van der Waals surface area contributed by atoms with E-state index in [0.29, 0.717) is 31.5 Å². The zero-order valence-electron chi connectivity index (χ0n) is 24.7. The van der Waals surface area contributed by atoms with Crippen LogP contribution < -0.4 is 16.0 Å². The third kappa shape index (κ3) is 14.0. The van der Waals surface area contributed by atoms with Crippen LogP contribution in [0.25, 0.3) is 0 Å². The molecule has 0 bridgehead atoms. The number of thioether (sulfide) groups is 1. The summed E-state index contributed by atoms with van der Waals surface area (Å²) in [6.45, 7) is 6.60. The fraction of sp³-hybridized carbons (Fsp3) is 0.455. The minimum Gasteiger partial charge on any atom is -0.310 e. The molecule has 2 fully saturated rings. The fourth-order valence-corrected chi connectivity index (χ4v) is 6.69. The van der Waals surface area contributed by atoms with E-state index in [-0.39, 0.29) is 17.5 Å². The van der Waals surface area contributed by atoms with Gasteiger partial charge in [-0.3, -0.25) is 0 Å². The molecule has 0 amide bonds. The molecule has 0 radical (unpaired) electrons. The molecule has 2 aliphatic rings. The predicted molar refractivity (Wildman–Crippen MR) is 186 cm³/mol. The van der Waals surface area contributed by atoms with Gasteiger partial charge in [-0.15, -0.1) is 0 Å². The zero-order valence-corrected chi connectivity index (χ0v) is 30.2. The molecule has 1 saturated heterocycles. The van der Waals surface area contributed by atoms with Crippen LogP contribution in [0.15, 0.2) is 68.0 Å². The Kier molecular flexibility index (Phi) is 16.7. The number of nitrogens with one attached hydrogen (secondary N) is 3. The second-order valence-electron chi connectivity index (χ2n) is 11.1. The second kappa shape index (κ2) is 19.6. The molecule has 5 rings (SSSR count). The highest BCUT2D eigenvalue weighted by atomic mass is 79.9. The zero-order chi connectivity index (χ0) is 31.2. The van der Waals surface area contributed by atoms with Crippen molar-refractivity contribution in [2.24, 2.45) is 0 Å². The van der Waals surface area contributed by atoms with Gasteiger partial charge in [-0.1, -0.05) is 38.5 Å². The quantitative estimate of drug-likeness (QED) is 0.201. The molecule has 1 aliphatic carbocycles. The number of rotatable bonds is 9. The SMILES string of the molecule is CC(C)NCc1ccc(F)c(Br)c1.Fc1ccc(CNC2CCC2)cc1Br.Fc1ccc(CNC2CCSCC2)cc1Br. The summed E-state index contributed by atoms with van der Waals surface area (Å²) in [5.41, 5.74) is 3.35.